The zero-order valence-electron chi connectivity index (χ0n) is 10.5. The van der Waals surface area contributed by atoms with Crippen LogP contribution in [0.1, 0.15) is 16.7 Å². The fourth-order valence-electron chi connectivity index (χ4n) is 1.69. The van der Waals surface area contributed by atoms with Gasteiger partial charge in [0, 0.05) is 11.3 Å². The summed E-state index contributed by atoms with van der Waals surface area (Å²) in [6.45, 7) is 2.02. The van der Waals surface area contributed by atoms with Crippen LogP contribution in [0.5, 0.6) is 5.75 Å². The predicted octanol–water partition coefficient (Wildman–Crippen LogP) is 3.17. The highest BCUT2D eigenvalue weighted by molar-refractivity contribution is 5.49. The van der Waals surface area contributed by atoms with Crippen LogP contribution < -0.4 is 10.5 Å². The molecule has 0 amide bonds. The van der Waals surface area contributed by atoms with Gasteiger partial charge >= 0.3 is 0 Å². The zero-order valence-corrected chi connectivity index (χ0v) is 10.5. The lowest BCUT2D eigenvalue weighted by molar-refractivity contribution is 0.305. The molecule has 19 heavy (non-hydrogen) atoms. The van der Waals surface area contributed by atoms with E-state index in [1.54, 1.807) is 18.2 Å². The second kappa shape index (κ2) is 5.40. The van der Waals surface area contributed by atoms with Gasteiger partial charge in [0.05, 0.1) is 11.6 Å². The van der Waals surface area contributed by atoms with Crippen LogP contribution in [0.25, 0.3) is 0 Å². The summed E-state index contributed by atoms with van der Waals surface area (Å²) in [6.07, 6.45) is 0. The first-order chi connectivity index (χ1) is 9.10. The molecule has 3 nitrogen and oxygen atoms in total. The molecule has 0 radical (unpaired) electrons. The highest BCUT2D eigenvalue weighted by atomic mass is 19.1. The number of nitriles is 1. The molecule has 2 rings (SSSR count). The number of rotatable bonds is 3. The van der Waals surface area contributed by atoms with Crippen LogP contribution in [-0.2, 0) is 6.61 Å². The Hall–Kier alpha value is -2.54. The van der Waals surface area contributed by atoms with E-state index in [0.29, 0.717) is 22.6 Å². The van der Waals surface area contributed by atoms with E-state index in [9.17, 15) is 4.39 Å². The predicted molar refractivity (Wildman–Crippen MR) is 71.0 cm³/mol. The first kappa shape index (κ1) is 12.9. The Morgan fingerprint density at radius 2 is 2.05 bits per heavy atom. The Bertz CT molecular complexity index is 647. The van der Waals surface area contributed by atoms with E-state index in [1.165, 1.54) is 18.2 Å². The number of anilines is 1. The van der Waals surface area contributed by atoms with Crippen molar-refractivity contribution in [1.82, 2.24) is 0 Å². The molecule has 0 aromatic heterocycles. The maximum atomic E-state index is 13.1. The van der Waals surface area contributed by atoms with E-state index in [2.05, 4.69) is 0 Å². The summed E-state index contributed by atoms with van der Waals surface area (Å²) < 4.78 is 18.7. The molecule has 0 saturated carbocycles. The van der Waals surface area contributed by atoms with Gasteiger partial charge in [0.2, 0.25) is 0 Å². The van der Waals surface area contributed by atoms with Crippen molar-refractivity contribution in [2.75, 3.05) is 5.73 Å². The van der Waals surface area contributed by atoms with Gasteiger partial charge in [-0.2, -0.15) is 5.26 Å². The van der Waals surface area contributed by atoms with Gasteiger partial charge in [0.25, 0.3) is 0 Å². The van der Waals surface area contributed by atoms with Crippen molar-refractivity contribution in [2.45, 2.75) is 13.5 Å². The minimum Gasteiger partial charge on any atom is -0.489 e. The lowest BCUT2D eigenvalue weighted by atomic mass is 10.1. The van der Waals surface area contributed by atoms with Crippen molar-refractivity contribution in [1.29, 1.82) is 5.26 Å². The highest BCUT2D eigenvalue weighted by Crippen LogP contribution is 2.20. The largest absolute Gasteiger partial charge is 0.489 e. The van der Waals surface area contributed by atoms with Crippen LogP contribution >= 0.6 is 0 Å². The molecule has 4 heteroatoms. The van der Waals surface area contributed by atoms with E-state index in [1.807, 2.05) is 13.0 Å². The Kier molecular flexibility index (Phi) is 3.67. The molecular weight excluding hydrogens is 243 g/mol. The third-order valence-electron chi connectivity index (χ3n) is 2.82. The summed E-state index contributed by atoms with van der Waals surface area (Å²) in [4.78, 5) is 0. The van der Waals surface area contributed by atoms with Crippen molar-refractivity contribution in [3.05, 3.63) is 58.9 Å². The molecule has 2 N–H and O–H groups in total. The number of benzene rings is 2. The molecule has 2 aromatic rings. The van der Waals surface area contributed by atoms with Crippen LogP contribution in [0.15, 0.2) is 36.4 Å². The Labute approximate surface area is 111 Å². The van der Waals surface area contributed by atoms with Crippen molar-refractivity contribution in [3.8, 4) is 11.8 Å². The first-order valence-electron chi connectivity index (χ1n) is 5.77. The Balaban J connectivity index is 2.16. The Morgan fingerprint density at radius 3 is 2.74 bits per heavy atom. The molecule has 0 aliphatic carbocycles. The lowest BCUT2D eigenvalue weighted by Gasteiger charge is -2.09. The van der Waals surface area contributed by atoms with E-state index >= 15 is 0 Å². The molecule has 0 spiro atoms. The molecule has 0 aliphatic rings. The van der Waals surface area contributed by atoms with Crippen molar-refractivity contribution in [3.63, 3.8) is 0 Å². The number of halogens is 1. The van der Waals surface area contributed by atoms with Crippen LogP contribution in [0, 0.1) is 24.1 Å². The monoisotopic (exact) mass is 256 g/mol. The second-order valence-corrected chi connectivity index (χ2v) is 4.22. The van der Waals surface area contributed by atoms with E-state index < -0.39 is 0 Å². The highest BCUT2D eigenvalue weighted by Gasteiger charge is 2.05. The molecule has 0 atom stereocenters. The third kappa shape index (κ3) is 3.02. The number of hydrogen-bond donors (Lipinski definition) is 1. The Morgan fingerprint density at radius 1 is 1.26 bits per heavy atom. The quantitative estimate of drug-likeness (QED) is 0.858. The molecule has 0 bridgehead atoms. The number of hydrogen-bond acceptors (Lipinski definition) is 3. The summed E-state index contributed by atoms with van der Waals surface area (Å²) in [5, 5.41) is 8.94. The van der Waals surface area contributed by atoms with Gasteiger partial charge in [0.1, 0.15) is 18.2 Å². The smallest absolute Gasteiger partial charge is 0.123 e. The van der Waals surface area contributed by atoms with Gasteiger partial charge in [-0.15, -0.1) is 0 Å². The molecule has 0 fully saturated rings. The summed E-state index contributed by atoms with van der Waals surface area (Å²) in [7, 11) is 0. The summed E-state index contributed by atoms with van der Waals surface area (Å²) >= 11 is 0. The molecule has 0 aliphatic heterocycles. The third-order valence-corrected chi connectivity index (χ3v) is 2.82. The number of nitrogen functional groups attached to an aromatic ring is 1. The van der Waals surface area contributed by atoms with Crippen LogP contribution in [0.2, 0.25) is 0 Å². The molecule has 96 valence electrons. The van der Waals surface area contributed by atoms with Crippen molar-refractivity contribution >= 4 is 5.69 Å². The van der Waals surface area contributed by atoms with Crippen LogP contribution in [0.4, 0.5) is 10.1 Å². The molecule has 0 heterocycles. The van der Waals surface area contributed by atoms with E-state index in [-0.39, 0.29) is 12.4 Å². The number of nitrogens with zero attached hydrogens (tertiary/aromatic N) is 1. The standard InChI is InChI=1S/C15H13FN2O/c1-10-6-14(4-5-15(10)18)19-9-12-7-13(16)3-2-11(12)8-17/h2-7H,9,18H2,1H3. The van der Waals surface area contributed by atoms with Crippen LogP contribution in [0.3, 0.4) is 0 Å². The molecule has 2 aromatic carbocycles. The molecule has 0 unspecified atom stereocenters. The van der Waals surface area contributed by atoms with Crippen molar-refractivity contribution in [2.24, 2.45) is 0 Å². The molecular formula is C15H13FN2O. The average molecular weight is 256 g/mol. The minimum atomic E-state index is -0.383. The number of aryl methyl sites for hydroxylation is 1. The van der Waals surface area contributed by atoms with Gasteiger partial charge in [-0.05, 0) is 48.9 Å². The fourth-order valence-corrected chi connectivity index (χ4v) is 1.69. The summed E-state index contributed by atoms with van der Waals surface area (Å²) in [5.74, 6) is 0.255. The second-order valence-electron chi connectivity index (χ2n) is 4.22. The maximum absolute atomic E-state index is 13.1. The normalized spacial score (nSPS) is 9.95. The van der Waals surface area contributed by atoms with Gasteiger partial charge in [-0.3, -0.25) is 0 Å². The SMILES string of the molecule is Cc1cc(OCc2cc(F)ccc2C#N)ccc1N. The lowest BCUT2D eigenvalue weighted by Crippen LogP contribution is -2.00. The number of ether oxygens (including phenoxy) is 1. The van der Waals surface area contributed by atoms with Crippen molar-refractivity contribution < 1.29 is 9.13 Å². The van der Waals surface area contributed by atoms with Gasteiger partial charge in [-0.1, -0.05) is 0 Å². The zero-order chi connectivity index (χ0) is 13.8. The van der Waals surface area contributed by atoms with E-state index in [4.69, 9.17) is 15.7 Å². The number of nitrogens with two attached hydrogens (primary N) is 1. The first-order valence-corrected chi connectivity index (χ1v) is 5.77. The summed E-state index contributed by atoms with van der Waals surface area (Å²) in [6, 6.07) is 11.3. The minimum absolute atomic E-state index is 0.143. The average Bonchev–Trinajstić information content (AvgIpc) is 2.40. The topological polar surface area (TPSA) is 59.0 Å². The molecule has 0 saturated heterocycles. The van der Waals surface area contributed by atoms with Crippen LogP contribution in [-0.4, -0.2) is 0 Å². The fraction of sp³-hybridized carbons (Fsp3) is 0.133. The maximum Gasteiger partial charge on any atom is 0.123 e. The van der Waals surface area contributed by atoms with Gasteiger partial charge in [0.15, 0.2) is 0 Å². The summed E-state index contributed by atoms with van der Waals surface area (Å²) in [5.41, 5.74) is 8.25. The van der Waals surface area contributed by atoms with E-state index in [0.717, 1.165) is 5.56 Å². The van der Waals surface area contributed by atoms with Gasteiger partial charge in [-0.25, -0.2) is 4.39 Å². The van der Waals surface area contributed by atoms with Gasteiger partial charge < -0.3 is 10.5 Å².